The van der Waals surface area contributed by atoms with E-state index in [1.807, 2.05) is 0 Å². The molecule has 1 aromatic heterocycles. The molecule has 0 unspecified atom stereocenters. The average Bonchev–Trinajstić information content (AvgIpc) is 2.88. The molecule has 0 spiro atoms. The molecule has 0 amide bonds. The number of carboxylic acids is 1. The SMILES string of the molecule is C[C@H](Oc1ccc([N+](=O)[O-])cc1C=Nn1c(-c2cccc(C(F)(F)F)c2)nc2ccccc2c1=O)C(=O)O. The first-order valence-corrected chi connectivity index (χ1v) is 10.9. The lowest BCUT2D eigenvalue weighted by molar-refractivity contribution is -0.384. The molecule has 4 rings (SSSR count). The molecule has 0 saturated heterocycles. The summed E-state index contributed by atoms with van der Waals surface area (Å²) in [6.07, 6.45) is -4.97. The van der Waals surface area contributed by atoms with Crippen molar-refractivity contribution in [3.63, 3.8) is 0 Å². The molecule has 0 aliphatic rings. The van der Waals surface area contributed by atoms with Gasteiger partial charge >= 0.3 is 12.1 Å². The first-order chi connectivity index (χ1) is 18.0. The second kappa shape index (κ2) is 10.1. The number of benzene rings is 3. The van der Waals surface area contributed by atoms with Gasteiger partial charge in [0, 0.05) is 23.3 Å². The summed E-state index contributed by atoms with van der Waals surface area (Å²) in [5.74, 6) is -1.60. The van der Waals surface area contributed by atoms with Gasteiger partial charge < -0.3 is 9.84 Å². The Morgan fingerprint density at radius 1 is 1.16 bits per heavy atom. The Morgan fingerprint density at radius 2 is 1.89 bits per heavy atom. The van der Waals surface area contributed by atoms with E-state index in [9.17, 15) is 32.9 Å². The fraction of sp³-hybridized carbons (Fsp3) is 0.120. The maximum absolute atomic E-state index is 13.4. The Hall–Kier alpha value is -5.07. The zero-order chi connectivity index (χ0) is 27.6. The molecule has 3 aromatic carbocycles. The van der Waals surface area contributed by atoms with Crippen LogP contribution in [0.5, 0.6) is 5.75 Å². The van der Waals surface area contributed by atoms with Crippen molar-refractivity contribution in [3.8, 4) is 17.1 Å². The predicted molar refractivity (Wildman–Crippen MR) is 130 cm³/mol. The van der Waals surface area contributed by atoms with E-state index >= 15 is 0 Å². The summed E-state index contributed by atoms with van der Waals surface area (Å²) in [7, 11) is 0. The van der Waals surface area contributed by atoms with E-state index in [4.69, 9.17) is 9.84 Å². The number of carbonyl (C=O) groups is 1. The number of hydrogen-bond donors (Lipinski definition) is 1. The maximum Gasteiger partial charge on any atom is 0.416 e. The average molecular weight is 526 g/mol. The molecule has 38 heavy (non-hydrogen) atoms. The number of carboxylic acid groups (broad SMARTS) is 1. The molecule has 1 heterocycles. The maximum atomic E-state index is 13.4. The minimum absolute atomic E-state index is 0.0534. The van der Waals surface area contributed by atoms with Gasteiger partial charge in [0.2, 0.25) is 0 Å². The van der Waals surface area contributed by atoms with Crippen LogP contribution in [0.15, 0.2) is 76.6 Å². The van der Waals surface area contributed by atoms with Crippen molar-refractivity contribution in [1.29, 1.82) is 0 Å². The van der Waals surface area contributed by atoms with Gasteiger partial charge in [-0.1, -0.05) is 24.3 Å². The highest BCUT2D eigenvalue weighted by Gasteiger charge is 2.31. The van der Waals surface area contributed by atoms with Gasteiger partial charge in [-0.3, -0.25) is 14.9 Å². The van der Waals surface area contributed by atoms with Crippen LogP contribution in [-0.2, 0) is 11.0 Å². The van der Waals surface area contributed by atoms with E-state index in [1.165, 1.54) is 31.2 Å². The third kappa shape index (κ3) is 5.36. The monoisotopic (exact) mass is 526 g/mol. The standard InChI is InChI=1S/C25H17F3N4O6/c1-14(24(34)35)38-21-10-9-18(32(36)37)12-16(21)13-29-31-22(15-5-4-6-17(11-15)25(26,27)28)30-20-8-3-2-7-19(20)23(31)33/h2-14H,1H3,(H,34,35)/t14-/m0/s1. The quantitative estimate of drug-likeness (QED) is 0.209. The van der Waals surface area contributed by atoms with Crippen LogP contribution >= 0.6 is 0 Å². The van der Waals surface area contributed by atoms with E-state index in [-0.39, 0.29) is 39.3 Å². The van der Waals surface area contributed by atoms with Crippen molar-refractivity contribution < 1.29 is 32.7 Å². The number of nitro groups is 1. The van der Waals surface area contributed by atoms with E-state index in [1.54, 1.807) is 12.1 Å². The number of halogens is 3. The van der Waals surface area contributed by atoms with E-state index in [0.717, 1.165) is 41.2 Å². The van der Waals surface area contributed by atoms with Gasteiger partial charge in [0.05, 0.1) is 27.6 Å². The van der Waals surface area contributed by atoms with Crippen LogP contribution in [0.1, 0.15) is 18.1 Å². The van der Waals surface area contributed by atoms with Crippen LogP contribution in [0, 0.1) is 10.1 Å². The number of non-ortho nitro benzene ring substituents is 1. The van der Waals surface area contributed by atoms with Crippen LogP contribution in [0.25, 0.3) is 22.3 Å². The van der Waals surface area contributed by atoms with Crippen molar-refractivity contribution in [1.82, 2.24) is 9.66 Å². The van der Waals surface area contributed by atoms with E-state index in [2.05, 4.69) is 10.1 Å². The molecule has 0 aliphatic heterocycles. The normalized spacial score (nSPS) is 12.5. The number of aromatic nitrogens is 2. The van der Waals surface area contributed by atoms with Gasteiger partial charge in [0.1, 0.15) is 5.75 Å². The topological polar surface area (TPSA) is 137 Å². The summed E-state index contributed by atoms with van der Waals surface area (Å²) in [5, 5.41) is 24.7. The second-order valence-corrected chi connectivity index (χ2v) is 7.97. The summed E-state index contributed by atoms with van der Waals surface area (Å²) < 4.78 is 46.2. The number of hydrogen-bond acceptors (Lipinski definition) is 7. The van der Waals surface area contributed by atoms with E-state index in [0.29, 0.717) is 0 Å². The minimum Gasteiger partial charge on any atom is -0.479 e. The third-order valence-electron chi connectivity index (χ3n) is 5.37. The first kappa shape index (κ1) is 26.0. The molecular formula is C25H17F3N4O6. The van der Waals surface area contributed by atoms with Gasteiger partial charge in [-0.2, -0.15) is 22.9 Å². The summed E-state index contributed by atoms with van der Waals surface area (Å²) >= 11 is 0. The lowest BCUT2D eigenvalue weighted by Gasteiger charge is -2.13. The fourth-order valence-electron chi connectivity index (χ4n) is 3.47. The molecule has 13 heteroatoms. The molecule has 0 aliphatic carbocycles. The smallest absolute Gasteiger partial charge is 0.416 e. The number of alkyl halides is 3. The summed E-state index contributed by atoms with van der Waals surface area (Å²) in [6.45, 7) is 1.24. The molecule has 0 radical (unpaired) electrons. The minimum atomic E-state index is -4.66. The molecule has 194 valence electrons. The number of nitrogens with zero attached hydrogens (tertiary/aromatic N) is 4. The van der Waals surface area contributed by atoms with Crippen molar-refractivity contribution >= 4 is 28.8 Å². The molecule has 1 atom stereocenters. The number of para-hydroxylation sites is 1. The van der Waals surface area contributed by atoms with Crippen LogP contribution < -0.4 is 10.3 Å². The largest absolute Gasteiger partial charge is 0.479 e. The van der Waals surface area contributed by atoms with Crippen molar-refractivity contribution in [2.75, 3.05) is 0 Å². The van der Waals surface area contributed by atoms with Crippen LogP contribution in [0.4, 0.5) is 18.9 Å². The highest BCUT2D eigenvalue weighted by Crippen LogP contribution is 2.32. The number of nitro benzene ring substituents is 1. The Kier molecular flexibility index (Phi) is 6.93. The lowest BCUT2D eigenvalue weighted by Crippen LogP contribution is -2.23. The number of ether oxygens (including phenoxy) is 1. The molecule has 0 saturated carbocycles. The Bertz CT molecular complexity index is 1650. The van der Waals surface area contributed by atoms with Crippen LogP contribution in [0.2, 0.25) is 0 Å². The summed E-state index contributed by atoms with van der Waals surface area (Å²) in [5.41, 5.74) is -1.96. The number of aliphatic carboxylic acids is 1. The summed E-state index contributed by atoms with van der Waals surface area (Å²) in [4.78, 5) is 39.5. The van der Waals surface area contributed by atoms with Gasteiger partial charge in [-0.25, -0.2) is 9.78 Å². The molecular weight excluding hydrogens is 509 g/mol. The van der Waals surface area contributed by atoms with E-state index < -0.39 is 34.3 Å². The van der Waals surface area contributed by atoms with Gasteiger partial charge in [-0.15, -0.1) is 0 Å². The van der Waals surface area contributed by atoms with Crippen molar-refractivity contribution in [3.05, 3.63) is 98.3 Å². The van der Waals surface area contributed by atoms with Crippen LogP contribution in [-0.4, -0.2) is 38.0 Å². The molecule has 0 bridgehead atoms. The highest BCUT2D eigenvalue weighted by molar-refractivity contribution is 5.86. The zero-order valence-electron chi connectivity index (χ0n) is 19.4. The van der Waals surface area contributed by atoms with Crippen molar-refractivity contribution in [2.45, 2.75) is 19.2 Å². The molecule has 10 nitrogen and oxygen atoms in total. The molecule has 0 fully saturated rings. The van der Waals surface area contributed by atoms with Gasteiger partial charge in [0.25, 0.3) is 11.2 Å². The number of fused-ring (bicyclic) bond motifs is 1. The lowest BCUT2D eigenvalue weighted by atomic mass is 10.1. The Balaban J connectivity index is 1.92. The number of rotatable bonds is 7. The fourth-order valence-corrected chi connectivity index (χ4v) is 3.47. The second-order valence-electron chi connectivity index (χ2n) is 7.97. The molecule has 4 aromatic rings. The summed E-state index contributed by atoms with van der Waals surface area (Å²) in [6, 6.07) is 13.7. The van der Waals surface area contributed by atoms with Gasteiger partial charge in [0.15, 0.2) is 11.9 Å². The Labute approximate surface area is 211 Å². The van der Waals surface area contributed by atoms with Gasteiger partial charge in [-0.05, 0) is 37.3 Å². The highest BCUT2D eigenvalue weighted by atomic mass is 19.4. The molecule has 1 N–H and O–H groups in total. The first-order valence-electron chi connectivity index (χ1n) is 10.9. The predicted octanol–water partition coefficient (Wildman–Crippen LogP) is 4.72. The van der Waals surface area contributed by atoms with Crippen LogP contribution in [0.3, 0.4) is 0 Å². The third-order valence-corrected chi connectivity index (χ3v) is 5.37. The Morgan fingerprint density at radius 3 is 2.58 bits per heavy atom. The zero-order valence-corrected chi connectivity index (χ0v) is 19.4. The van der Waals surface area contributed by atoms with Crippen molar-refractivity contribution in [2.24, 2.45) is 5.10 Å².